The zero-order valence-corrected chi connectivity index (χ0v) is 12.2. The predicted molar refractivity (Wildman–Crippen MR) is 83.6 cm³/mol. The Morgan fingerprint density at radius 2 is 1.83 bits per heavy atom. The van der Waals surface area contributed by atoms with Crippen LogP contribution in [0.15, 0.2) is 48.5 Å². The number of ketones is 2. The predicted octanol–water partition coefficient (Wildman–Crippen LogP) is 2.69. The van der Waals surface area contributed by atoms with Gasteiger partial charge in [-0.15, -0.1) is 0 Å². The summed E-state index contributed by atoms with van der Waals surface area (Å²) in [5, 5.41) is 13.8. The van der Waals surface area contributed by atoms with Crippen LogP contribution in [0.2, 0.25) is 0 Å². The molecule has 1 N–H and O–H groups in total. The molecule has 0 saturated carbocycles. The summed E-state index contributed by atoms with van der Waals surface area (Å²) in [6, 6.07) is 11.9. The smallest absolute Gasteiger partial charge is 0.269 e. The molecule has 2 aromatic rings. The molecule has 0 fully saturated rings. The van der Waals surface area contributed by atoms with Gasteiger partial charge in [-0.2, -0.15) is 0 Å². The molecule has 1 aliphatic heterocycles. The van der Waals surface area contributed by atoms with Crippen molar-refractivity contribution in [2.75, 3.05) is 6.54 Å². The fourth-order valence-corrected chi connectivity index (χ4v) is 2.73. The highest BCUT2D eigenvalue weighted by atomic mass is 16.6. The van der Waals surface area contributed by atoms with E-state index < -0.39 is 11.0 Å². The van der Waals surface area contributed by atoms with E-state index in [9.17, 15) is 19.7 Å². The summed E-state index contributed by atoms with van der Waals surface area (Å²) in [5.74, 6) is -0.200. The van der Waals surface area contributed by atoms with Crippen LogP contribution >= 0.6 is 0 Å². The van der Waals surface area contributed by atoms with Gasteiger partial charge in [-0.05, 0) is 17.7 Å². The van der Waals surface area contributed by atoms with Crippen LogP contribution in [0.3, 0.4) is 0 Å². The van der Waals surface area contributed by atoms with Gasteiger partial charge in [0.1, 0.15) is 0 Å². The van der Waals surface area contributed by atoms with Crippen molar-refractivity contribution < 1.29 is 14.5 Å². The molecule has 3 rings (SSSR count). The number of carbonyl (C=O) groups excluding carboxylic acids is 2. The molecule has 1 aliphatic rings. The summed E-state index contributed by atoms with van der Waals surface area (Å²) in [7, 11) is 0. The van der Waals surface area contributed by atoms with Gasteiger partial charge in [0.15, 0.2) is 11.6 Å². The highest BCUT2D eigenvalue weighted by Gasteiger charge is 2.28. The van der Waals surface area contributed by atoms with Gasteiger partial charge < -0.3 is 5.32 Å². The molecular weight excluding hydrogens is 296 g/mol. The molecule has 0 radical (unpaired) electrons. The van der Waals surface area contributed by atoms with E-state index in [1.807, 2.05) is 0 Å². The number of hydrogen-bond donors (Lipinski definition) is 1. The first kappa shape index (κ1) is 15.1. The molecule has 0 spiro atoms. The standard InChI is InChI=1S/C17H14N2O4/c20-15-9-10-18-16(14-4-2-1-3-13(14)15)17(21)11-5-7-12(8-6-11)19(22)23/h1-8,16,18H,9-10H2. The van der Waals surface area contributed by atoms with Crippen molar-refractivity contribution in [3.63, 3.8) is 0 Å². The van der Waals surface area contributed by atoms with E-state index in [4.69, 9.17) is 0 Å². The van der Waals surface area contributed by atoms with Crippen LogP contribution in [-0.4, -0.2) is 23.0 Å². The zero-order valence-electron chi connectivity index (χ0n) is 12.2. The third-order valence-corrected chi connectivity index (χ3v) is 3.90. The SMILES string of the molecule is O=C1CCNC(C(=O)c2ccc([N+](=O)[O-])cc2)c2ccccc21. The average Bonchev–Trinajstić information content (AvgIpc) is 2.74. The van der Waals surface area contributed by atoms with Crippen LogP contribution in [0.1, 0.15) is 38.7 Å². The number of nitro benzene ring substituents is 1. The van der Waals surface area contributed by atoms with Crippen LogP contribution in [0.4, 0.5) is 5.69 Å². The molecule has 0 aromatic heterocycles. The van der Waals surface area contributed by atoms with Gasteiger partial charge in [-0.3, -0.25) is 19.7 Å². The van der Waals surface area contributed by atoms with Crippen molar-refractivity contribution in [1.82, 2.24) is 5.32 Å². The van der Waals surface area contributed by atoms with Crippen LogP contribution in [0.5, 0.6) is 0 Å². The number of fused-ring (bicyclic) bond motifs is 1. The summed E-state index contributed by atoms with van der Waals surface area (Å²) in [4.78, 5) is 35.1. The first-order valence-corrected chi connectivity index (χ1v) is 7.22. The Hall–Kier alpha value is -2.86. The molecule has 2 aromatic carbocycles. The molecule has 6 heteroatoms. The topological polar surface area (TPSA) is 89.3 Å². The summed E-state index contributed by atoms with van der Waals surface area (Å²) in [6.07, 6.45) is 0.334. The third kappa shape index (κ3) is 2.89. The highest BCUT2D eigenvalue weighted by Crippen LogP contribution is 2.26. The maximum Gasteiger partial charge on any atom is 0.269 e. The maximum absolute atomic E-state index is 12.8. The van der Waals surface area contributed by atoms with Gasteiger partial charge in [0.05, 0.1) is 11.0 Å². The van der Waals surface area contributed by atoms with Crippen LogP contribution in [-0.2, 0) is 0 Å². The van der Waals surface area contributed by atoms with Crippen LogP contribution in [0, 0.1) is 10.1 Å². The molecular formula is C17H14N2O4. The lowest BCUT2D eigenvalue weighted by atomic mass is 9.93. The number of Topliss-reactive ketones (excluding diaryl/α,β-unsaturated/α-hetero) is 2. The molecule has 0 aliphatic carbocycles. The summed E-state index contributed by atoms with van der Waals surface area (Å²) in [6.45, 7) is 0.414. The molecule has 1 unspecified atom stereocenters. The zero-order chi connectivity index (χ0) is 16.4. The lowest BCUT2D eigenvalue weighted by Crippen LogP contribution is -2.28. The summed E-state index contributed by atoms with van der Waals surface area (Å²) in [5.41, 5.74) is 1.51. The van der Waals surface area contributed by atoms with Crippen LogP contribution in [0.25, 0.3) is 0 Å². The Kier molecular flexibility index (Phi) is 3.99. The Morgan fingerprint density at radius 3 is 2.52 bits per heavy atom. The fraction of sp³-hybridized carbons (Fsp3) is 0.176. The van der Waals surface area contributed by atoms with Gasteiger partial charge in [-0.1, -0.05) is 24.3 Å². The average molecular weight is 310 g/mol. The van der Waals surface area contributed by atoms with Crippen molar-refractivity contribution >= 4 is 17.3 Å². The molecule has 0 bridgehead atoms. The van der Waals surface area contributed by atoms with Crippen molar-refractivity contribution in [3.05, 3.63) is 75.3 Å². The second-order valence-electron chi connectivity index (χ2n) is 5.32. The molecule has 23 heavy (non-hydrogen) atoms. The number of nitrogens with one attached hydrogen (secondary N) is 1. The number of nitrogens with zero attached hydrogens (tertiary/aromatic N) is 1. The lowest BCUT2D eigenvalue weighted by molar-refractivity contribution is -0.384. The van der Waals surface area contributed by atoms with E-state index in [-0.39, 0.29) is 17.3 Å². The second-order valence-corrected chi connectivity index (χ2v) is 5.32. The van der Waals surface area contributed by atoms with E-state index in [0.717, 1.165) is 0 Å². The van der Waals surface area contributed by atoms with Gasteiger partial charge >= 0.3 is 0 Å². The van der Waals surface area contributed by atoms with E-state index in [1.165, 1.54) is 24.3 Å². The third-order valence-electron chi connectivity index (χ3n) is 3.90. The van der Waals surface area contributed by atoms with Crippen molar-refractivity contribution in [1.29, 1.82) is 0 Å². The van der Waals surface area contributed by atoms with Crippen molar-refractivity contribution in [2.45, 2.75) is 12.5 Å². The fourth-order valence-electron chi connectivity index (χ4n) is 2.73. The van der Waals surface area contributed by atoms with Crippen molar-refractivity contribution in [3.8, 4) is 0 Å². The Labute approximate surface area is 132 Å². The Bertz CT molecular complexity index is 783. The van der Waals surface area contributed by atoms with E-state index in [2.05, 4.69) is 5.32 Å². The van der Waals surface area contributed by atoms with E-state index >= 15 is 0 Å². The molecule has 116 valence electrons. The largest absolute Gasteiger partial charge is 0.303 e. The molecule has 0 amide bonds. The summed E-state index contributed by atoms with van der Waals surface area (Å²) < 4.78 is 0. The van der Waals surface area contributed by atoms with Gasteiger partial charge in [0.25, 0.3) is 5.69 Å². The monoisotopic (exact) mass is 310 g/mol. The van der Waals surface area contributed by atoms with Crippen molar-refractivity contribution in [2.24, 2.45) is 0 Å². The van der Waals surface area contributed by atoms with E-state index in [0.29, 0.717) is 29.7 Å². The summed E-state index contributed by atoms with van der Waals surface area (Å²) >= 11 is 0. The van der Waals surface area contributed by atoms with E-state index in [1.54, 1.807) is 24.3 Å². The number of benzene rings is 2. The number of rotatable bonds is 3. The number of nitro groups is 1. The Balaban J connectivity index is 1.97. The number of hydrogen-bond acceptors (Lipinski definition) is 5. The molecule has 1 atom stereocenters. The number of non-ortho nitro benzene ring substituents is 1. The van der Waals surface area contributed by atoms with Gasteiger partial charge in [0, 0.05) is 36.2 Å². The quantitative estimate of drug-likeness (QED) is 0.535. The van der Waals surface area contributed by atoms with Crippen LogP contribution < -0.4 is 5.32 Å². The molecule has 6 nitrogen and oxygen atoms in total. The minimum atomic E-state index is -0.626. The lowest BCUT2D eigenvalue weighted by Gasteiger charge is -2.17. The van der Waals surface area contributed by atoms with Gasteiger partial charge in [-0.25, -0.2) is 0 Å². The first-order chi connectivity index (χ1) is 11.1. The first-order valence-electron chi connectivity index (χ1n) is 7.22. The minimum absolute atomic E-state index is 0.00657. The highest BCUT2D eigenvalue weighted by molar-refractivity contribution is 6.05. The molecule has 0 saturated heterocycles. The normalized spacial score (nSPS) is 17.2. The minimum Gasteiger partial charge on any atom is -0.303 e. The Morgan fingerprint density at radius 1 is 1.13 bits per heavy atom. The number of carbonyl (C=O) groups is 2. The van der Waals surface area contributed by atoms with Gasteiger partial charge in [0.2, 0.25) is 0 Å². The second kappa shape index (κ2) is 6.10. The molecule has 1 heterocycles. The maximum atomic E-state index is 12.8.